The molecule has 3 fully saturated rings. The maximum Gasteiger partial charge on any atom is 0.178 e. The molecule has 1 aromatic carbocycles. The molecule has 206 valence electrons. The fourth-order valence-corrected chi connectivity index (χ4v) is 8.43. The minimum atomic E-state index is -1.97. The lowest BCUT2D eigenvalue weighted by molar-refractivity contribution is -0.218. The number of carbonyl (C=O) groups is 2. The monoisotopic (exact) mass is 526 g/mol. The minimum Gasteiger partial charge on any atom is -0.497 e. The van der Waals surface area contributed by atoms with Crippen molar-refractivity contribution in [2.45, 2.75) is 76.7 Å². The van der Waals surface area contributed by atoms with Crippen LogP contribution in [0.3, 0.4) is 0 Å². The van der Waals surface area contributed by atoms with Gasteiger partial charge < -0.3 is 19.7 Å². The van der Waals surface area contributed by atoms with Gasteiger partial charge in [0.15, 0.2) is 17.2 Å². The molecule has 7 heteroatoms. The molecule has 8 atom stereocenters. The van der Waals surface area contributed by atoms with Crippen molar-refractivity contribution in [1.82, 2.24) is 0 Å². The zero-order valence-corrected chi connectivity index (χ0v) is 22.7. The maximum atomic E-state index is 17.3. The van der Waals surface area contributed by atoms with Gasteiger partial charge in [0.25, 0.3) is 0 Å². The van der Waals surface area contributed by atoms with Gasteiger partial charge in [-0.15, -0.1) is 0 Å². The molecule has 0 saturated heterocycles. The highest BCUT2D eigenvalue weighted by Crippen LogP contribution is 2.70. The second-order valence-electron chi connectivity index (χ2n) is 12.2. The Morgan fingerprint density at radius 3 is 2.53 bits per heavy atom. The van der Waals surface area contributed by atoms with E-state index in [1.807, 2.05) is 13.8 Å². The molecule has 4 aliphatic rings. The Bertz CT molecular complexity index is 1180. The molecule has 5 rings (SSSR count). The number of benzene rings is 1. The van der Waals surface area contributed by atoms with Crippen molar-refractivity contribution in [2.24, 2.45) is 28.6 Å². The van der Waals surface area contributed by atoms with E-state index in [-0.39, 0.29) is 36.2 Å². The number of ether oxygens (including phenoxy) is 2. The lowest BCUT2D eigenvalue weighted by atomic mass is 9.44. The summed E-state index contributed by atoms with van der Waals surface area (Å²) in [6.07, 6.45) is 5.29. The van der Waals surface area contributed by atoms with Gasteiger partial charge in [-0.2, -0.15) is 0 Å². The Labute approximate surface area is 223 Å². The van der Waals surface area contributed by atoms with Gasteiger partial charge in [0.05, 0.1) is 19.8 Å². The van der Waals surface area contributed by atoms with Gasteiger partial charge in [-0.3, -0.25) is 9.59 Å². The van der Waals surface area contributed by atoms with Crippen LogP contribution in [-0.4, -0.2) is 52.9 Å². The fraction of sp³-hybridized carbons (Fsp3) is 0.613. The van der Waals surface area contributed by atoms with E-state index < -0.39 is 34.1 Å². The highest BCUT2D eigenvalue weighted by atomic mass is 19.1. The number of alkyl halides is 1. The molecule has 0 spiro atoms. The zero-order chi connectivity index (χ0) is 27.5. The first-order valence-corrected chi connectivity index (χ1v) is 13.8. The van der Waals surface area contributed by atoms with E-state index >= 15 is 4.39 Å². The first-order chi connectivity index (χ1) is 17.9. The first-order valence-electron chi connectivity index (χ1n) is 13.8. The van der Waals surface area contributed by atoms with E-state index in [0.29, 0.717) is 38.0 Å². The summed E-state index contributed by atoms with van der Waals surface area (Å²) >= 11 is 0. The van der Waals surface area contributed by atoms with Crippen LogP contribution in [0.15, 0.2) is 48.1 Å². The van der Waals surface area contributed by atoms with Gasteiger partial charge in [0.1, 0.15) is 17.1 Å². The van der Waals surface area contributed by atoms with E-state index in [1.54, 1.807) is 44.4 Å². The number of Topliss-reactive ketones (excluding diaryl/α,β-unsaturated/α-hetero) is 1. The third-order valence-electron chi connectivity index (χ3n) is 10.5. The van der Waals surface area contributed by atoms with Crippen LogP contribution in [0.25, 0.3) is 0 Å². The van der Waals surface area contributed by atoms with Crippen LogP contribution >= 0.6 is 0 Å². The summed E-state index contributed by atoms with van der Waals surface area (Å²) in [5, 5.41) is 23.5. The maximum absolute atomic E-state index is 17.3. The van der Waals surface area contributed by atoms with Crippen LogP contribution < -0.4 is 9.47 Å². The Balaban J connectivity index is 1.34. The predicted octanol–water partition coefficient (Wildman–Crippen LogP) is 4.77. The number of allylic oxidation sites excluding steroid dienone is 4. The smallest absolute Gasteiger partial charge is 0.178 e. The predicted molar refractivity (Wildman–Crippen MR) is 141 cm³/mol. The van der Waals surface area contributed by atoms with Gasteiger partial charge in [-0.25, -0.2) is 4.39 Å². The van der Waals surface area contributed by atoms with Crippen LogP contribution in [0.1, 0.15) is 59.3 Å². The molecule has 1 aromatic rings. The molecule has 0 radical (unpaired) electrons. The molecule has 6 nitrogen and oxygen atoms in total. The minimum absolute atomic E-state index is 0.00967. The third-order valence-corrected chi connectivity index (χ3v) is 10.5. The van der Waals surface area contributed by atoms with Gasteiger partial charge in [0, 0.05) is 23.2 Å². The van der Waals surface area contributed by atoms with Crippen LogP contribution in [-0.2, 0) is 9.59 Å². The topological polar surface area (TPSA) is 93.1 Å². The number of aliphatic hydroxyl groups is 2. The van der Waals surface area contributed by atoms with E-state index in [0.717, 1.165) is 11.3 Å². The Morgan fingerprint density at radius 1 is 1.16 bits per heavy atom. The Hall–Kier alpha value is -2.51. The van der Waals surface area contributed by atoms with E-state index in [1.165, 1.54) is 12.2 Å². The van der Waals surface area contributed by atoms with Crippen molar-refractivity contribution >= 4 is 11.6 Å². The number of ketones is 2. The SMILES string of the molecule is COc1ccc(OCCCC(=O)[C@@]2(O)[C@H](C)C[C@H]3[C@@H]4CCC5=CC(=O)C=C[C@]5(C)[C@@]4(F)[C@@H](O)C[C@@]32C)cc1. The van der Waals surface area contributed by atoms with Crippen molar-refractivity contribution in [1.29, 1.82) is 0 Å². The van der Waals surface area contributed by atoms with Gasteiger partial charge in [0.2, 0.25) is 0 Å². The molecule has 0 bridgehead atoms. The lowest BCUT2D eigenvalue weighted by Gasteiger charge is -2.62. The van der Waals surface area contributed by atoms with Crippen LogP contribution in [0, 0.1) is 28.6 Å². The molecule has 38 heavy (non-hydrogen) atoms. The number of methoxy groups -OCH3 is 1. The van der Waals surface area contributed by atoms with Crippen molar-refractivity contribution in [3.8, 4) is 11.5 Å². The Morgan fingerprint density at radius 2 is 1.84 bits per heavy atom. The van der Waals surface area contributed by atoms with Gasteiger partial charge in [-0.05, 0) is 87.3 Å². The normalized spacial score (nSPS) is 41.6. The summed E-state index contributed by atoms with van der Waals surface area (Å²) in [4.78, 5) is 25.7. The quantitative estimate of drug-likeness (QED) is 0.497. The summed E-state index contributed by atoms with van der Waals surface area (Å²) in [7, 11) is 1.60. The summed E-state index contributed by atoms with van der Waals surface area (Å²) in [5.41, 5.74) is -4.95. The number of rotatable bonds is 7. The zero-order valence-electron chi connectivity index (χ0n) is 22.7. The molecule has 0 amide bonds. The van der Waals surface area contributed by atoms with Crippen molar-refractivity contribution in [2.75, 3.05) is 13.7 Å². The second kappa shape index (κ2) is 9.30. The molecule has 0 aliphatic heterocycles. The molecular weight excluding hydrogens is 487 g/mol. The number of hydrogen-bond acceptors (Lipinski definition) is 6. The van der Waals surface area contributed by atoms with E-state index in [4.69, 9.17) is 9.47 Å². The molecule has 2 N–H and O–H groups in total. The Kier molecular flexibility index (Phi) is 6.63. The number of aliphatic hydroxyl groups excluding tert-OH is 1. The van der Waals surface area contributed by atoms with E-state index in [9.17, 15) is 19.8 Å². The standard InChI is InChI=1S/C31H39FO6/c1-19-16-25-24-12-7-20-17-21(33)13-14-28(20,2)30(24,32)27(35)18-29(25,3)31(19,36)26(34)6-5-15-38-23-10-8-22(37-4)9-11-23/h8-11,13-14,17,19,24-25,27,35-36H,5-7,12,15-16,18H2,1-4H3/t19-,24+,25+,27+,28+,29+,30+,31+/m1/s1. The lowest BCUT2D eigenvalue weighted by Crippen LogP contribution is -2.69. The molecule has 3 saturated carbocycles. The van der Waals surface area contributed by atoms with Crippen molar-refractivity contribution in [3.05, 3.63) is 48.1 Å². The largest absolute Gasteiger partial charge is 0.497 e. The van der Waals surface area contributed by atoms with Crippen molar-refractivity contribution in [3.63, 3.8) is 0 Å². The number of fused-ring (bicyclic) bond motifs is 5. The summed E-state index contributed by atoms with van der Waals surface area (Å²) < 4.78 is 28.2. The highest BCUT2D eigenvalue weighted by Gasteiger charge is 2.75. The van der Waals surface area contributed by atoms with Crippen LogP contribution in [0.2, 0.25) is 0 Å². The number of hydrogen-bond donors (Lipinski definition) is 2. The first kappa shape index (κ1) is 27.1. The van der Waals surface area contributed by atoms with Crippen LogP contribution in [0.5, 0.6) is 11.5 Å². The van der Waals surface area contributed by atoms with Gasteiger partial charge >= 0.3 is 0 Å². The highest BCUT2D eigenvalue weighted by molar-refractivity contribution is 6.01. The number of halogens is 1. The van der Waals surface area contributed by atoms with Gasteiger partial charge in [-0.1, -0.05) is 25.5 Å². The number of carbonyl (C=O) groups excluding carboxylic acids is 2. The average molecular weight is 527 g/mol. The molecule has 0 heterocycles. The molecule has 4 aliphatic carbocycles. The molecule has 0 aromatic heterocycles. The summed E-state index contributed by atoms with van der Waals surface area (Å²) in [5.74, 6) is -0.177. The third kappa shape index (κ3) is 3.64. The molecule has 0 unspecified atom stereocenters. The van der Waals surface area contributed by atoms with Crippen LogP contribution in [0.4, 0.5) is 4.39 Å². The second-order valence-corrected chi connectivity index (χ2v) is 12.2. The molecular formula is C31H39FO6. The van der Waals surface area contributed by atoms with Crippen molar-refractivity contribution < 1.29 is 33.7 Å². The summed E-state index contributed by atoms with van der Waals surface area (Å²) in [6.45, 7) is 5.83. The summed E-state index contributed by atoms with van der Waals surface area (Å²) in [6, 6.07) is 7.20. The fourth-order valence-electron chi connectivity index (χ4n) is 8.43. The van der Waals surface area contributed by atoms with E-state index in [2.05, 4.69) is 0 Å². The average Bonchev–Trinajstić information content (AvgIpc) is 3.09.